The Morgan fingerprint density at radius 2 is 1.43 bits per heavy atom. The SMILES string of the molecule is O=C(O)COc1cccc(C(=O)NCc2ccc(C(=O)N3CCN(Cc4cccc(-c5ccccc5)c4)CC3)cc2)c1. The van der Waals surface area contributed by atoms with Gasteiger partial charge in [0.2, 0.25) is 0 Å². The van der Waals surface area contributed by atoms with Crippen LogP contribution < -0.4 is 10.1 Å². The quantitative estimate of drug-likeness (QED) is 0.290. The molecule has 214 valence electrons. The van der Waals surface area contributed by atoms with E-state index in [0.29, 0.717) is 30.0 Å². The van der Waals surface area contributed by atoms with Crippen LogP contribution in [0.3, 0.4) is 0 Å². The van der Waals surface area contributed by atoms with Crippen molar-refractivity contribution in [2.45, 2.75) is 13.1 Å². The van der Waals surface area contributed by atoms with Crippen LogP contribution in [0.15, 0.2) is 103 Å². The Morgan fingerprint density at radius 3 is 2.17 bits per heavy atom. The molecule has 0 unspecified atom stereocenters. The van der Waals surface area contributed by atoms with Crippen LogP contribution in [-0.4, -0.2) is 65.5 Å². The summed E-state index contributed by atoms with van der Waals surface area (Å²) in [4.78, 5) is 40.7. The molecule has 1 fully saturated rings. The van der Waals surface area contributed by atoms with Crippen molar-refractivity contribution >= 4 is 17.8 Å². The number of ether oxygens (including phenoxy) is 1. The van der Waals surface area contributed by atoms with Gasteiger partial charge in [0.15, 0.2) is 6.61 Å². The van der Waals surface area contributed by atoms with E-state index >= 15 is 0 Å². The van der Waals surface area contributed by atoms with Crippen molar-refractivity contribution in [3.63, 3.8) is 0 Å². The van der Waals surface area contributed by atoms with E-state index in [1.807, 2.05) is 23.1 Å². The van der Waals surface area contributed by atoms with Gasteiger partial charge in [0.05, 0.1) is 0 Å². The number of rotatable bonds is 10. The zero-order valence-corrected chi connectivity index (χ0v) is 23.2. The molecule has 0 aliphatic carbocycles. The predicted molar refractivity (Wildman–Crippen MR) is 160 cm³/mol. The largest absolute Gasteiger partial charge is 0.482 e. The van der Waals surface area contributed by atoms with Crippen LogP contribution in [0.1, 0.15) is 31.8 Å². The van der Waals surface area contributed by atoms with Crippen molar-refractivity contribution in [3.8, 4) is 16.9 Å². The minimum Gasteiger partial charge on any atom is -0.482 e. The van der Waals surface area contributed by atoms with Crippen molar-refractivity contribution in [1.82, 2.24) is 15.1 Å². The Bertz CT molecular complexity index is 1530. The molecule has 0 spiro atoms. The molecule has 0 atom stereocenters. The van der Waals surface area contributed by atoms with E-state index < -0.39 is 12.6 Å². The van der Waals surface area contributed by atoms with Crippen molar-refractivity contribution < 1.29 is 24.2 Å². The van der Waals surface area contributed by atoms with Gasteiger partial charge in [0, 0.05) is 50.4 Å². The molecule has 2 amide bonds. The van der Waals surface area contributed by atoms with Crippen LogP contribution in [0.4, 0.5) is 0 Å². The van der Waals surface area contributed by atoms with Crippen molar-refractivity contribution in [3.05, 3.63) is 125 Å². The molecule has 0 bridgehead atoms. The molecule has 0 radical (unpaired) electrons. The molecule has 1 aliphatic heterocycles. The first-order valence-corrected chi connectivity index (χ1v) is 13.9. The summed E-state index contributed by atoms with van der Waals surface area (Å²) in [6, 6.07) is 32.6. The lowest BCUT2D eigenvalue weighted by molar-refractivity contribution is -0.139. The first kappa shape index (κ1) is 28.6. The maximum atomic E-state index is 13.1. The molecular formula is C34H33N3O5. The highest BCUT2D eigenvalue weighted by atomic mass is 16.5. The smallest absolute Gasteiger partial charge is 0.341 e. The highest BCUT2D eigenvalue weighted by Crippen LogP contribution is 2.21. The van der Waals surface area contributed by atoms with Crippen LogP contribution in [0.2, 0.25) is 0 Å². The van der Waals surface area contributed by atoms with E-state index in [1.54, 1.807) is 30.3 Å². The number of carbonyl (C=O) groups is 3. The van der Waals surface area contributed by atoms with Gasteiger partial charge >= 0.3 is 5.97 Å². The average Bonchev–Trinajstić information content (AvgIpc) is 3.03. The summed E-state index contributed by atoms with van der Waals surface area (Å²) in [5, 5.41) is 11.6. The second kappa shape index (κ2) is 13.6. The molecule has 0 aromatic heterocycles. The fraction of sp³-hybridized carbons (Fsp3) is 0.206. The summed E-state index contributed by atoms with van der Waals surface area (Å²) < 4.78 is 5.14. The summed E-state index contributed by atoms with van der Waals surface area (Å²) >= 11 is 0. The molecule has 8 nitrogen and oxygen atoms in total. The first-order chi connectivity index (χ1) is 20.4. The van der Waals surface area contributed by atoms with Gasteiger partial charge in [-0.2, -0.15) is 0 Å². The van der Waals surface area contributed by atoms with Crippen LogP contribution >= 0.6 is 0 Å². The summed E-state index contributed by atoms with van der Waals surface area (Å²) in [7, 11) is 0. The topological polar surface area (TPSA) is 99.2 Å². The van der Waals surface area contributed by atoms with Gasteiger partial charge in [0.25, 0.3) is 11.8 Å². The first-order valence-electron chi connectivity index (χ1n) is 13.9. The van der Waals surface area contributed by atoms with E-state index in [2.05, 4.69) is 58.7 Å². The Labute approximate surface area is 245 Å². The van der Waals surface area contributed by atoms with Gasteiger partial charge < -0.3 is 20.1 Å². The molecule has 8 heteroatoms. The number of carboxylic acids is 1. The summed E-state index contributed by atoms with van der Waals surface area (Å²) in [5.41, 5.74) is 5.53. The molecule has 4 aromatic rings. The zero-order chi connectivity index (χ0) is 29.3. The van der Waals surface area contributed by atoms with Gasteiger partial charge in [0.1, 0.15) is 5.75 Å². The van der Waals surface area contributed by atoms with Crippen LogP contribution in [0.25, 0.3) is 11.1 Å². The number of nitrogens with zero attached hydrogens (tertiary/aromatic N) is 2. The minimum absolute atomic E-state index is 0.00878. The van der Waals surface area contributed by atoms with Gasteiger partial charge in [-0.3, -0.25) is 14.5 Å². The lowest BCUT2D eigenvalue weighted by Gasteiger charge is -2.35. The van der Waals surface area contributed by atoms with Gasteiger partial charge in [-0.1, -0.05) is 66.7 Å². The summed E-state index contributed by atoms with van der Waals surface area (Å²) in [6.07, 6.45) is 0. The normalized spacial score (nSPS) is 13.4. The maximum Gasteiger partial charge on any atom is 0.341 e. The Balaban J connectivity index is 1.09. The van der Waals surface area contributed by atoms with E-state index in [0.717, 1.165) is 25.2 Å². The van der Waals surface area contributed by atoms with Gasteiger partial charge in [-0.15, -0.1) is 0 Å². The number of hydrogen-bond donors (Lipinski definition) is 2. The zero-order valence-electron chi connectivity index (χ0n) is 23.2. The molecule has 1 heterocycles. The second-order valence-electron chi connectivity index (χ2n) is 10.2. The Hall–Kier alpha value is -4.95. The number of benzene rings is 4. The standard InChI is InChI=1S/C34H33N3O5/c38-32(39)24-42-31-11-5-10-30(21-31)33(40)35-22-25-12-14-28(15-13-25)34(41)37-18-16-36(17-19-37)23-26-6-4-9-29(20-26)27-7-2-1-3-8-27/h1-15,20-21H,16-19,22-24H2,(H,35,40)(H,38,39). The van der Waals surface area contributed by atoms with Crippen LogP contribution in [0.5, 0.6) is 5.75 Å². The molecule has 1 saturated heterocycles. The molecule has 4 aromatic carbocycles. The third-order valence-corrected chi connectivity index (χ3v) is 7.21. The average molecular weight is 564 g/mol. The lowest BCUT2D eigenvalue weighted by atomic mass is 10.0. The van der Waals surface area contributed by atoms with E-state index in [4.69, 9.17) is 9.84 Å². The number of nitrogens with one attached hydrogen (secondary N) is 1. The lowest BCUT2D eigenvalue weighted by Crippen LogP contribution is -2.48. The van der Waals surface area contributed by atoms with Crippen LogP contribution in [-0.2, 0) is 17.9 Å². The summed E-state index contributed by atoms with van der Waals surface area (Å²) in [5.74, 6) is -1.07. The molecule has 2 N–H and O–H groups in total. The number of aliphatic carboxylic acids is 1. The van der Waals surface area contributed by atoms with Crippen LogP contribution in [0, 0.1) is 0 Å². The number of carbonyl (C=O) groups excluding carboxylic acids is 2. The van der Waals surface area contributed by atoms with E-state index in [1.165, 1.54) is 22.8 Å². The number of hydrogen-bond acceptors (Lipinski definition) is 5. The molecular weight excluding hydrogens is 530 g/mol. The maximum absolute atomic E-state index is 13.1. The van der Waals surface area contributed by atoms with Gasteiger partial charge in [-0.25, -0.2) is 4.79 Å². The molecule has 1 aliphatic rings. The van der Waals surface area contributed by atoms with Crippen molar-refractivity contribution in [1.29, 1.82) is 0 Å². The van der Waals surface area contributed by atoms with E-state index in [-0.39, 0.29) is 18.4 Å². The third-order valence-electron chi connectivity index (χ3n) is 7.21. The second-order valence-corrected chi connectivity index (χ2v) is 10.2. The van der Waals surface area contributed by atoms with Crippen molar-refractivity contribution in [2.75, 3.05) is 32.8 Å². The van der Waals surface area contributed by atoms with Gasteiger partial charge in [-0.05, 0) is 58.7 Å². The summed E-state index contributed by atoms with van der Waals surface area (Å²) in [6.45, 7) is 3.63. The highest BCUT2D eigenvalue weighted by molar-refractivity contribution is 5.95. The third kappa shape index (κ3) is 7.62. The fourth-order valence-corrected chi connectivity index (χ4v) is 4.95. The minimum atomic E-state index is -1.09. The predicted octanol–water partition coefficient (Wildman–Crippen LogP) is 4.71. The number of amides is 2. The fourth-order valence-electron chi connectivity index (χ4n) is 4.95. The monoisotopic (exact) mass is 563 g/mol. The molecule has 0 saturated carbocycles. The molecule has 5 rings (SSSR count). The van der Waals surface area contributed by atoms with E-state index in [9.17, 15) is 14.4 Å². The van der Waals surface area contributed by atoms with Crippen molar-refractivity contribution in [2.24, 2.45) is 0 Å². The Kier molecular flexibility index (Phi) is 9.26. The number of piperazine rings is 1. The molecule has 42 heavy (non-hydrogen) atoms. The number of carboxylic acid groups (broad SMARTS) is 1. The Morgan fingerprint density at radius 1 is 0.714 bits per heavy atom. The highest BCUT2D eigenvalue weighted by Gasteiger charge is 2.22.